The summed E-state index contributed by atoms with van der Waals surface area (Å²) in [6.45, 7) is 4.53. The van der Waals surface area contributed by atoms with Gasteiger partial charge in [-0.3, -0.25) is 9.59 Å². The molecular weight excluding hydrogens is 368 g/mol. The zero-order chi connectivity index (χ0) is 20.8. The van der Waals surface area contributed by atoms with Crippen LogP contribution in [0.5, 0.6) is 11.5 Å². The van der Waals surface area contributed by atoms with Crippen molar-refractivity contribution < 1.29 is 19.1 Å². The Kier molecular flexibility index (Phi) is 6.75. The molecule has 2 aromatic rings. The Bertz CT molecular complexity index is 858. The second-order valence-electron chi connectivity index (χ2n) is 7.53. The van der Waals surface area contributed by atoms with Gasteiger partial charge >= 0.3 is 0 Å². The number of methoxy groups -OCH3 is 1. The van der Waals surface area contributed by atoms with Crippen molar-refractivity contribution in [3.8, 4) is 11.5 Å². The number of ether oxygens (including phenoxy) is 2. The topological polar surface area (TPSA) is 76.7 Å². The summed E-state index contributed by atoms with van der Waals surface area (Å²) in [6.07, 6.45) is 2.17. The van der Waals surface area contributed by atoms with E-state index in [0.717, 1.165) is 18.6 Å². The Labute approximate surface area is 171 Å². The van der Waals surface area contributed by atoms with Gasteiger partial charge in [0.2, 0.25) is 5.91 Å². The van der Waals surface area contributed by atoms with E-state index in [1.165, 1.54) is 5.56 Å². The first-order valence-corrected chi connectivity index (χ1v) is 9.97. The van der Waals surface area contributed by atoms with E-state index in [1.807, 2.05) is 24.3 Å². The van der Waals surface area contributed by atoms with Crippen LogP contribution < -0.4 is 20.1 Å². The summed E-state index contributed by atoms with van der Waals surface area (Å²) >= 11 is 0. The van der Waals surface area contributed by atoms with E-state index in [2.05, 4.69) is 24.5 Å². The molecule has 1 fully saturated rings. The summed E-state index contributed by atoms with van der Waals surface area (Å²) in [5.41, 5.74) is 2.11. The Morgan fingerprint density at radius 1 is 1.07 bits per heavy atom. The molecule has 2 N–H and O–H groups in total. The van der Waals surface area contributed by atoms with Crippen LogP contribution in [0.3, 0.4) is 0 Å². The van der Waals surface area contributed by atoms with E-state index in [0.29, 0.717) is 22.9 Å². The molecule has 1 aliphatic rings. The van der Waals surface area contributed by atoms with Gasteiger partial charge in [0.15, 0.2) is 0 Å². The standard InChI is InChI=1S/C23H28N2O4/c1-15(2)16-4-8-18(9-5-16)29-13-12-22(26)25-21-11-10-19(28-3)14-20(21)23(27)24-17-6-7-17/h4-5,8-11,14-15,17H,6-7,12-13H2,1-3H3,(H,24,27)(H,25,26). The SMILES string of the molecule is COc1ccc(NC(=O)CCOc2ccc(C(C)C)cc2)c(C(=O)NC2CC2)c1. The van der Waals surface area contributed by atoms with Gasteiger partial charge in [-0.2, -0.15) is 0 Å². The number of anilines is 1. The van der Waals surface area contributed by atoms with Gasteiger partial charge in [-0.05, 0) is 54.7 Å². The van der Waals surface area contributed by atoms with Gasteiger partial charge in [0, 0.05) is 6.04 Å². The van der Waals surface area contributed by atoms with Crippen LogP contribution in [0, 0.1) is 0 Å². The highest BCUT2D eigenvalue weighted by Crippen LogP contribution is 2.25. The number of nitrogens with one attached hydrogen (secondary N) is 2. The lowest BCUT2D eigenvalue weighted by Gasteiger charge is -2.13. The Morgan fingerprint density at radius 2 is 1.76 bits per heavy atom. The molecule has 0 heterocycles. The molecule has 2 amide bonds. The molecule has 1 saturated carbocycles. The molecule has 0 unspecified atom stereocenters. The molecule has 6 nitrogen and oxygen atoms in total. The summed E-state index contributed by atoms with van der Waals surface area (Å²) in [7, 11) is 1.54. The monoisotopic (exact) mass is 396 g/mol. The summed E-state index contributed by atoms with van der Waals surface area (Å²) in [6, 6.07) is 13.2. The minimum Gasteiger partial charge on any atom is -0.497 e. The molecule has 0 saturated heterocycles. The van der Waals surface area contributed by atoms with E-state index < -0.39 is 0 Å². The highest BCUT2D eigenvalue weighted by molar-refractivity contribution is 6.04. The predicted molar refractivity (Wildman–Crippen MR) is 113 cm³/mol. The van der Waals surface area contributed by atoms with E-state index >= 15 is 0 Å². The van der Waals surface area contributed by atoms with Crippen LogP contribution in [-0.2, 0) is 4.79 Å². The molecule has 3 rings (SSSR count). The molecule has 0 radical (unpaired) electrons. The van der Waals surface area contributed by atoms with E-state index in [4.69, 9.17) is 9.47 Å². The van der Waals surface area contributed by atoms with Crippen molar-refractivity contribution in [1.29, 1.82) is 0 Å². The zero-order valence-corrected chi connectivity index (χ0v) is 17.2. The molecule has 0 atom stereocenters. The van der Waals surface area contributed by atoms with Gasteiger partial charge in [0.25, 0.3) is 5.91 Å². The molecule has 154 valence electrons. The summed E-state index contributed by atoms with van der Waals surface area (Å²) in [4.78, 5) is 24.9. The van der Waals surface area contributed by atoms with E-state index in [9.17, 15) is 9.59 Å². The largest absolute Gasteiger partial charge is 0.497 e. The lowest BCUT2D eigenvalue weighted by Crippen LogP contribution is -2.27. The Balaban J connectivity index is 1.56. The van der Waals surface area contributed by atoms with Gasteiger partial charge in [-0.15, -0.1) is 0 Å². The Hall–Kier alpha value is -3.02. The molecule has 0 aliphatic heterocycles. The first kappa shape index (κ1) is 20.7. The van der Waals surface area contributed by atoms with Crippen molar-refractivity contribution in [2.24, 2.45) is 0 Å². The zero-order valence-electron chi connectivity index (χ0n) is 17.2. The van der Waals surface area contributed by atoms with E-state index in [-0.39, 0.29) is 30.9 Å². The molecule has 6 heteroatoms. The van der Waals surface area contributed by atoms with Gasteiger partial charge in [-0.25, -0.2) is 0 Å². The smallest absolute Gasteiger partial charge is 0.253 e. The lowest BCUT2D eigenvalue weighted by molar-refractivity contribution is -0.116. The molecule has 2 aromatic carbocycles. The quantitative estimate of drug-likeness (QED) is 0.669. The third-order valence-corrected chi connectivity index (χ3v) is 4.80. The molecule has 0 aromatic heterocycles. The number of benzene rings is 2. The van der Waals surface area contributed by atoms with Crippen molar-refractivity contribution in [3.05, 3.63) is 53.6 Å². The highest BCUT2D eigenvalue weighted by atomic mass is 16.5. The van der Waals surface area contributed by atoms with Crippen LogP contribution in [-0.4, -0.2) is 31.6 Å². The molecular formula is C23H28N2O4. The van der Waals surface area contributed by atoms with Crippen molar-refractivity contribution in [2.45, 2.75) is 45.1 Å². The highest BCUT2D eigenvalue weighted by Gasteiger charge is 2.25. The third kappa shape index (κ3) is 5.98. The maximum Gasteiger partial charge on any atom is 0.253 e. The maximum absolute atomic E-state index is 12.5. The van der Waals surface area contributed by atoms with Crippen LogP contribution in [0.15, 0.2) is 42.5 Å². The fourth-order valence-electron chi connectivity index (χ4n) is 2.86. The molecule has 0 bridgehead atoms. The number of amides is 2. The van der Waals surface area contributed by atoms with Crippen LogP contribution in [0.2, 0.25) is 0 Å². The van der Waals surface area contributed by atoms with Gasteiger partial charge < -0.3 is 20.1 Å². The van der Waals surface area contributed by atoms with E-state index in [1.54, 1.807) is 25.3 Å². The first-order valence-electron chi connectivity index (χ1n) is 9.97. The third-order valence-electron chi connectivity index (χ3n) is 4.80. The summed E-state index contributed by atoms with van der Waals surface area (Å²) in [5, 5.41) is 5.75. The van der Waals surface area contributed by atoms with Gasteiger partial charge in [-0.1, -0.05) is 26.0 Å². The second-order valence-corrected chi connectivity index (χ2v) is 7.53. The lowest BCUT2D eigenvalue weighted by atomic mass is 10.0. The normalized spacial score (nSPS) is 13.1. The molecule has 1 aliphatic carbocycles. The molecule has 0 spiro atoms. The van der Waals surface area contributed by atoms with Crippen LogP contribution in [0.25, 0.3) is 0 Å². The maximum atomic E-state index is 12.5. The average molecular weight is 396 g/mol. The fourth-order valence-corrected chi connectivity index (χ4v) is 2.86. The van der Waals surface area contributed by atoms with Crippen LogP contribution in [0.4, 0.5) is 5.69 Å². The summed E-state index contributed by atoms with van der Waals surface area (Å²) < 4.78 is 10.9. The average Bonchev–Trinajstić information content (AvgIpc) is 3.52. The number of carbonyl (C=O) groups excluding carboxylic acids is 2. The Morgan fingerprint density at radius 3 is 2.38 bits per heavy atom. The van der Waals surface area contributed by atoms with Gasteiger partial charge in [0.05, 0.1) is 31.4 Å². The number of carbonyl (C=O) groups is 2. The van der Waals surface area contributed by atoms with Crippen molar-refractivity contribution in [1.82, 2.24) is 5.32 Å². The van der Waals surface area contributed by atoms with Crippen molar-refractivity contribution in [2.75, 3.05) is 19.0 Å². The number of rotatable bonds is 9. The minimum absolute atomic E-state index is 0.182. The van der Waals surface area contributed by atoms with Crippen molar-refractivity contribution in [3.63, 3.8) is 0 Å². The fraction of sp³-hybridized carbons (Fsp3) is 0.391. The predicted octanol–water partition coefficient (Wildman–Crippen LogP) is 4.12. The van der Waals surface area contributed by atoms with Crippen LogP contribution >= 0.6 is 0 Å². The summed E-state index contributed by atoms with van der Waals surface area (Å²) in [5.74, 6) is 1.34. The molecule has 29 heavy (non-hydrogen) atoms. The first-order chi connectivity index (χ1) is 14.0. The number of hydrogen-bond donors (Lipinski definition) is 2. The van der Waals surface area contributed by atoms with Crippen molar-refractivity contribution >= 4 is 17.5 Å². The van der Waals surface area contributed by atoms with Crippen LogP contribution in [0.1, 0.15) is 54.9 Å². The van der Waals surface area contributed by atoms with Gasteiger partial charge in [0.1, 0.15) is 11.5 Å². The number of hydrogen-bond acceptors (Lipinski definition) is 4. The second kappa shape index (κ2) is 9.45. The minimum atomic E-state index is -0.213.